The van der Waals surface area contributed by atoms with Gasteiger partial charge in [-0.1, -0.05) is 12.1 Å². The van der Waals surface area contributed by atoms with Crippen LogP contribution >= 0.6 is 0 Å². The fourth-order valence-electron chi connectivity index (χ4n) is 2.12. The summed E-state index contributed by atoms with van der Waals surface area (Å²) in [5, 5.41) is 0. The molecule has 0 atom stereocenters. The molecule has 5 nitrogen and oxygen atoms in total. The highest BCUT2D eigenvalue weighted by Crippen LogP contribution is 2.15. The van der Waals surface area contributed by atoms with Crippen molar-refractivity contribution in [2.45, 2.75) is 13.3 Å². The summed E-state index contributed by atoms with van der Waals surface area (Å²) in [5.41, 5.74) is 1.79. The van der Waals surface area contributed by atoms with E-state index in [1.165, 1.54) is 6.92 Å². The molecule has 0 radical (unpaired) electrons. The van der Waals surface area contributed by atoms with Gasteiger partial charge in [0.05, 0.1) is 19.6 Å². The van der Waals surface area contributed by atoms with E-state index < -0.39 is 0 Å². The zero-order valence-electron chi connectivity index (χ0n) is 12.0. The fraction of sp³-hybridized carbons (Fsp3) is 0.467. The van der Waals surface area contributed by atoms with E-state index in [1.807, 2.05) is 29.2 Å². The van der Waals surface area contributed by atoms with E-state index >= 15 is 0 Å². The maximum absolute atomic E-state index is 12.1. The molecule has 20 heavy (non-hydrogen) atoms. The van der Waals surface area contributed by atoms with Gasteiger partial charge in [-0.2, -0.15) is 0 Å². The van der Waals surface area contributed by atoms with Gasteiger partial charge in [-0.25, -0.2) is 0 Å². The van der Waals surface area contributed by atoms with E-state index in [0.717, 1.165) is 11.3 Å². The van der Waals surface area contributed by atoms with Crippen molar-refractivity contribution in [3.05, 3.63) is 29.8 Å². The summed E-state index contributed by atoms with van der Waals surface area (Å²) in [6, 6.07) is 7.52. The Bertz CT molecular complexity index is 478. The van der Waals surface area contributed by atoms with E-state index in [9.17, 15) is 9.59 Å². The van der Waals surface area contributed by atoms with Gasteiger partial charge in [0.15, 0.2) is 0 Å². The number of hydrogen-bond donors (Lipinski definition) is 0. The monoisotopic (exact) mass is 276 g/mol. The molecule has 0 aliphatic carbocycles. The predicted octanol–water partition coefficient (Wildman–Crippen LogP) is 1.07. The topological polar surface area (TPSA) is 49.9 Å². The normalized spacial score (nSPS) is 15.0. The van der Waals surface area contributed by atoms with Crippen molar-refractivity contribution in [3.63, 3.8) is 0 Å². The Hall–Kier alpha value is -1.88. The molecular weight excluding hydrogens is 256 g/mol. The van der Waals surface area contributed by atoms with Crippen LogP contribution in [0.15, 0.2) is 24.3 Å². The largest absolute Gasteiger partial charge is 0.378 e. The van der Waals surface area contributed by atoms with Gasteiger partial charge in [-0.3, -0.25) is 9.59 Å². The first-order valence-corrected chi connectivity index (χ1v) is 6.76. The fourth-order valence-corrected chi connectivity index (χ4v) is 2.12. The second-order valence-corrected chi connectivity index (χ2v) is 4.91. The number of carbonyl (C=O) groups is 2. The van der Waals surface area contributed by atoms with Crippen molar-refractivity contribution in [3.8, 4) is 0 Å². The molecule has 1 aliphatic rings. The number of amides is 2. The van der Waals surface area contributed by atoms with Crippen LogP contribution < -0.4 is 4.90 Å². The van der Waals surface area contributed by atoms with Gasteiger partial charge in [-0.15, -0.1) is 0 Å². The van der Waals surface area contributed by atoms with Crippen LogP contribution in [0.2, 0.25) is 0 Å². The Morgan fingerprint density at radius 3 is 2.35 bits per heavy atom. The zero-order valence-corrected chi connectivity index (χ0v) is 12.0. The Morgan fingerprint density at radius 1 is 1.20 bits per heavy atom. The van der Waals surface area contributed by atoms with Gasteiger partial charge in [0.2, 0.25) is 11.8 Å². The molecular formula is C15H20N2O3. The maximum atomic E-state index is 12.1. The summed E-state index contributed by atoms with van der Waals surface area (Å²) >= 11 is 0. The quantitative estimate of drug-likeness (QED) is 0.830. The van der Waals surface area contributed by atoms with Crippen LogP contribution in [0, 0.1) is 0 Å². The second-order valence-electron chi connectivity index (χ2n) is 4.91. The summed E-state index contributed by atoms with van der Waals surface area (Å²) in [4.78, 5) is 26.8. The van der Waals surface area contributed by atoms with E-state index in [1.54, 1.807) is 11.9 Å². The van der Waals surface area contributed by atoms with Crippen molar-refractivity contribution in [1.29, 1.82) is 0 Å². The minimum Gasteiger partial charge on any atom is -0.378 e. The summed E-state index contributed by atoms with van der Waals surface area (Å²) in [7, 11) is 1.73. The average Bonchev–Trinajstić information content (AvgIpc) is 2.48. The van der Waals surface area contributed by atoms with Crippen LogP contribution in [0.5, 0.6) is 0 Å². The highest BCUT2D eigenvalue weighted by molar-refractivity contribution is 5.90. The van der Waals surface area contributed by atoms with Crippen molar-refractivity contribution < 1.29 is 14.3 Å². The number of anilines is 1. The van der Waals surface area contributed by atoms with Crippen LogP contribution in [0.25, 0.3) is 0 Å². The number of ether oxygens (including phenoxy) is 1. The Morgan fingerprint density at radius 2 is 1.80 bits per heavy atom. The SMILES string of the molecule is CC(=O)N(C)c1ccc(CC(=O)N2CCOCC2)cc1. The van der Waals surface area contributed by atoms with Gasteiger partial charge in [-0.05, 0) is 17.7 Å². The smallest absolute Gasteiger partial charge is 0.227 e. The first-order chi connectivity index (χ1) is 9.58. The Labute approximate surface area is 119 Å². The molecule has 1 heterocycles. The minimum atomic E-state index is -0.0119. The number of benzene rings is 1. The molecule has 0 saturated carbocycles. The second kappa shape index (κ2) is 6.52. The van der Waals surface area contributed by atoms with Crippen LogP contribution in [0.3, 0.4) is 0 Å². The Kier molecular flexibility index (Phi) is 4.74. The van der Waals surface area contributed by atoms with Gasteiger partial charge < -0.3 is 14.5 Å². The van der Waals surface area contributed by atoms with Gasteiger partial charge in [0.25, 0.3) is 0 Å². The predicted molar refractivity (Wildman–Crippen MR) is 76.6 cm³/mol. The lowest BCUT2D eigenvalue weighted by atomic mass is 10.1. The lowest BCUT2D eigenvalue weighted by molar-refractivity contribution is -0.134. The van der Waals surface area contributed by atoms with Crippen molar-refractivity contribution in [2.24, 2.45) is 0 Å². The summed E-state index contributed by atoms with van der Waals surface area (Å²) in [6.07, 6.45) is 0.393. The van der Waals surface area contributed by atoms with E-state index in [0.29, 0.717) is 32.7 Å². The first kappa shape index (κ1) is 14.5. The lowest BCUT2D eigenvalue weighted by Gasteiger charge is -2.27. The van der Waals surface area contributed by atoms with Crippen molar-refractivity contribution >= 4 is 17.5 Å². The lowest BCUT2D eigenvalue weighted by Crippen LogP contribution is -2.41. The summed E-state index contributed by atoms with van der Waals surface area (Å²) < 4.78 is 5.23. The number of rotatable bonds is 3. The number of hydrogen-bond acceptors (Lipinski definition) is 3. The number of carbonyl (C=O) groups excluding carboxylic acids is 2. The minimum absolute atomic E-state index is 0.0119. The number of morpholine rings is 1. The molecule has 0 spiro atoms. The highest BCUT2D eigenvalue weighted by Gasteiger charge is 2.17. The van der Waals surface area contributed by atoms with Gasteiger partial charge >= 0.3 is 0 Å². The molecule has 0 N–H and O–H groups in total. The van der Waals surface area contributed by atoms with E-state index in [2.05, 4.69) is 0 Å². The first-order valence-electron chi connectivity index (χ1n) is 6.76. The molecule has 5 heteroatoms. The molecule has 0 unspecified atom stereocenters. The third-order valence-corrected chi connectivity index (χ3v) is 3.52. The van der Waals surface area contributed by atoms with E-state index in [4.69, 9.17) is 4.74 Å². The molecule has 1 aromatic carbocycles. The third kappa shape index (κ3) is 3.57. The maximum Gasteiger partial charge on any atom is 0.227 e. The standard InChI is InChI=1S/C15H20N2O3/c1-12(18)16(2)14-5-3-13(4-6-14)11-15(19)17-7-9-20-10-8-17/h3-6H,7-11H2,1-2H3. The van der Waals surface area contributed by atoms with Crippen molar-refractivity contribution in [2.75, 3.05) is 38.3 Å². The van der Waals surface area contributed by atoms with Crippen LogP contribution in [-0.4, -0.2) is 50.1 Å². The summed E-state index contributed by atoms with van der Waals surface area (Å²) in [6.45, 7) is 4.10. The molecule has 1 fully saturated rings. The summed E-state index contributed by atoms with van der Waals surface area (Å²) in [5.74, 6) is 0.114. The van der Waals surface area contributed by atoms with Gasteiger partial charge in [0.1, 0.15) is 0 Å². The Balaban J connectivity index is 1.96. The van der Waals surface area contributed by atoms with Crippen molar-refractivity contribution in [1.82, 2.24) is 4.90 Å². The molecule has 0 bridgehead atoms. The molecule has 1 aromatic rings. The zero-order chi connectivity index (χ0) is 14.5. The molecule has 108 valence electrons. The average molecular weight is 276 g/mol. The third-order valence-electron chi connectivity index (χ3n) is 3.52. The van der Waals surface area contributed by atoms with Crippen LogP contribution in [-0.2, 0) is 20.7 Å². The van der Waals surface area contributed by atoms with Crippen LogP contribution in [0.4, 0.5) is 5.69 Å². The molecule has 0 aromatic heterocycles. The highest BCUT2D eigenvalue weighted by atomic mass is 16.5. The molecule has 1 aliphatic heterocycles. The van der Waals surface area contributed by atoms with E-state index in [-0.39, 0.29) is 11.8 Å². The number of nitrogens with zero attached hydrogens (tertiary/aromatic N) is 2. The molecule has 2 amide bonds. The molecule has 2 rings (SSSR count). The van der Waals surface area contributed by atoms with Crippen LogP contribution in [0.1, 0.15) is 12.5 Å². The van der Waals surface area contributed by atoms with Gasteiger partial charge in [0, 0.05) is 32.7 Å². The molecule has 1 saturated heterocycles.